The van der Waals surface area contributed by atoms with Gasteiger partial charge in [-0.1, -0.05) is 78.1 Å². The van der Waals surface area contributed by atoms with E-state index >= 15 is 0 Å². The van der Waals surface area contributed by atoms with Crippen LogP contribution in [0.1, 0.15) is 101 Å². The molecule has 6 heteroatoms. The Labute approximate surface area is 276 Å². The van der Waals surface area contributed by atoms with Gasteiger partial charge in [-0.15, -0.1) is 45.3 Å². The number of rotatable bonds is 14. The molecular weight excluding hydrogens is 617 g/mol. The average molecular weight is 657 g/mol. The lowest BCUT2D eigenvalue weighted by Crippen LogP contribution is -2.00. The first-order chi connectivity index (χ1) is 21.7. The van der Waals surface area contributed by atoms with Crippen LogP contribution in [0.15, 0.2) is 36.4 Å². The van der Waals surface area contributed by atoms with Crippen LogP contribution in [-0.4, -0.2) is 0 Å². The summed E-state index contributed by atoms with van der Waals surface area (Å²) < 4.78 is 18.9. The van der Waals surface area contributed by atoms with Gasteiger partial charge in [0, 0.05) is 41.1 Å². The van der Waals surface area contributed by atoms with Gasteiger partial charge >= 0.3 is 0 Å². The van der Waals surface area contributed by atoms with Gasteiger partial charge in [0.05, 0.1) is 19.2 Å². The van der Waals surface area contributed by atoms with Crippen molar-refractivity contribution in [1.82, 2.24) is 0 Å². The van der Waals surface area contributed by atoms with Crippen molar-refractivity contribution in [2.45, 2.75) is 104 Å². The Hall–Kier alpha value is -2.38. The van der Waals surface area contributed by atoms with Gasteiger partial charge in [0.15, 0.2) is 11.5 Å². The molecule has 4 aromatic heterocycles. The van der Waals surface area contributed by atoms with Crippen molar-refractivity contribution < 1.29 is 9.47 Å². The molecule has 228 valence electrons. The summed E-state index contributed by atoms with van der Waals surface area (Å²) >= 11 is 7.68. The molecule has 0 bridgehead atoms. The first-order valence-electron chi connectivity index (χ1n) is 16.8. The van der Waals surface area contributed by atoms with Crippen LogP contribution in [0, 0.1) is 0 Å². The van der Waals surface area contributed by atoms with E-state index in [1.165, 1.54) is 150 Å². The fourth-order valence-electron chi connectivity index (χ4n) is 6.98. The average Bonchev–Trinajstić information content (AvgIpc) is 3.79. The van der Waals surface area contributed by atoms with Crippen LogP contribution in [-0.2, 0) is 12.8 Å². The summed E-state index contributed by atoms with van der Waals surface area (Å²) in [5.41, 5.74) is 2.58. The number of thiophene rings is 4. The molecule has 2 aromatic carbocycles. The van der Waals surface area contributed by atoms with Crippen molar-refractivity contribution in [3.8, 4) is 43.9 Å². The van der Waals surface area contributed by atoms with Gasteiger partial charge in [-0.3, -0.25) is 0 Å². The van der Waals surface area contributed by atoms with Crippen LogP contribution >= 0.6 is 45.3 Å². The molecule has 0 aliphatic carbocycles. The highest BCUT2D eigenvalue weighted by Gasteiger charge is 2.32. The second-order valence-electron chi connectivity index (χ2n) is 12.5. The number of hydrogen-bond acceptors (Lipinski definition) is 6. The Morgan fingerprint density at radius 3 is 1.39 bits per heavy atom. The smallest absolute Gasteiger partial charge is 0.163 e. The number of aryl methyl sites for hydroxylation is 2. The number of fused-ring (bicyclic) bond motifs is 8. The van der Waals surface area contributed by atoms with Crippen molar-refractivity contribution in [2.75, 3.05) is 0 Å². The third kappa shape index (κ3) is 5.10. The van der Waals surface area contributed by atoms with Crippen LogP contribution in [0.2, 0.25) is 0 Å². The third-order valence-electron chi connectivity index (χ3n) is 9.30. The van der Waals surface area contributed by atoms with Crippen LogP contribution in [0.4, 0.5) is 0 Å². The zero-order valence-corrected chi connectivity index (χ0v) is 29.1. The Morgan fingerprint density at radius 1 is 0.500 bits per heavy atom. The van der Waals surface area contributed by atoms with Crippen LogP contribution in [0.25, 0.3) is 50.5 Å². The summed E-state index contributed by atoms with van der Waals surface area (Å²) in [4.78, 5) is 5.53. The second-order valence-corrected chi connectivity index (χ2v) is 16.9. The zero-order valence-electron chi connectivity index (χ0n) is 25.8. The minimum Gasteiger partial charge on any atom is -0.454 e. The summed E-state index contributed by atoms with van der Waals surface area (Å²) in [6.07, 6.45) is 18.5. The quantitative estimate of drug-likeness (QED) is 0.108. The topological polar surface area (TPSA) is 18.5 Å². The van der Waals surface area contributed by atoms with E-state index in [1.807, 2.05) is 45.3 Å². The fraction of sp³-hybridized carbons (Fsp3) is 0.421. The van der Waals surface area contributed by atoms with E-state index in [1.54, 1.807) is 0 Å². The number of hydrogen-bond donors (Lipinski definition) is 0. The van der Waals surface area contributed by atoms with Crippen molar-refractivity contribution in [3.63, 3.8) is 0 Å². The number of ether oxygens (including phenoxy) is 2. The minimum atomic E-state index is 0.963. The standard InChI is InChI=1S/C38H40O2S4/c1-3-5-7-9-11-13-15-23-21-29-37(41-23)33-35(43-29)25-17-20-28-32-26(18-19-27(39-33)31(25)32)36-34(40-28)38-30(44-36)22-24(42-38)16-14-12-10-8-6-4-2/h17-22H,3-16H2,1-2H3. The maximum atomic E-state index is 6.75. The molecular formula is C38H40O2S4. The summed E-state index contributed by atoms with van der Waals surface area (Å²) in [5.74, 6) is 4.05. The summed E-state index contributed by atoms with van der Waals surface area (Å²) in [6, 6.07) is 13.8. The van der Waals surface area contributed by atoms with Crippen LogP contribution < -0.4 is 9.47 Å². The molecule has 0 saturated heterocycles. The highest BCUT2D eigenvalue weighted by Crippen LogP contribution is 2.61. The summed E-state index contributed by atoms with van der Waals surface area (Å²) in [6.45, 7) is 4.57. The van der Waals surface area contributed by atoms with Gasteiger partial charge < -0.3 is 9.47 Å². The Morgan fingerprint density at radius 2 is 0.932 bits per heavy atom. The minimum absolute atomic E-state index is 0.963. The van der Waals surface area contributed by atoms with Gasteiger partial charge in [-0.25, -0.2) is 0 Å². The normalized spacial score (nSPS) is 13.0. The predicted octanol–water partition coefficient (Wildman–Crippen LogP) is 14.7. The molecule has 0 spiro atoms. The molecule has 0 unspecified atom stereocenters. The van der Waals surface area contributed by atoms with Crippen molar-refractivity contribution >= 4 is 74.9 Å². The molecule has 0 atom stereocenters. The molecule has 0 fully saturated rings. The summed E-state index contributed by atoms with van der Waals surface area (Å²) in [5, 5.41) is 2.42. The van der Waals surface area contributed by atoms with E-state index in [2.05, 4.69) is 50.2 Å². The Balaban J connectivity index is 1.06. The van der Waals surface area contributed by atoms with Gasteiger partial charge in [0.25, 0.3) is 0 Å². The van der Waals surface area contributed by atoms with Crippen molar-refractivity contribution in [2.24, 2.45) is 0 Å². The van der Waals surface area contributed by atoms with E-state index < -0.39 is 0 Å². The van der Waals surface area contributed by atoms with Crippen LogP contribution in [0.5, 0.6) is 23.0 Å². The molecule has 2 nitrogen and oxygen atoms in total. The largest absolute Gasteiger partial charge is 0.454 e. The zero-order chi connectivity index (χ0) is 29.6. The first kappa shape index (κ1) is 29.1. The molecule has 6 heterocycles. The molecule has 0 saturated carbocycles. The van der Waals surface area contributed by atoms with E-state index in [9.17, 15) is 0 Å². The molecule has 2 aliphatic rings. The SMILES string of the molecule is CCCCCCCCc1cc2sc3c(c2s1)Oc1ccc2c4c(ccc-3c14)Oc1c-2sc2cc(CCCCCCCC)sc12. The lowest BCUT2D eigenvalue weighted by molar-refractivity contribution is 0.488. The number of benzene rings is 2. The first-order valence-corrected chi connectivity index (χ1v) is 20.1. The highest BCUT2D eigenvalue weighted by molar-refractivity contribution is 7.31. The predicted molar refractivity (Wildman–Crippen MR) is 196 cm³/mol. The second kappa shape index (κ2) is 12.4. The third-order valence-corrected chi connectivity index (χ3v) is 14.2. The molecule has 0 radical (unpaired) electrons. The van der Waals surface area contributed by atoms with E-state index in [4.69, 9.17) is 9.47 Å². The van der Waals surface area contributed by atoms with Gasteiger partial charge in [0.2, 0.25) is 0 Å². The van der Waals surface area contributed by atoms with Gasteiger partial charge in [0.1, 0.15) is 11.5 Å². The maximum absolute atomic E-state index is 6.75. The molecule has 44 heavy (non-hydrogen) atoms. The molecule has 0 N–H and O–H groups in total. The molecule has 0 amide bonds. The maximum Gasteiger partial charge on any atom is 0.163 e. The van der Waals surface area contributed by atoms with Gasteiger partial charge in [-0.2, -0.15) is 0 Å². The number of unbranched alkanes of at least 4 members (excludes halogenated alkanes) is 10. The van der Waals surface area contributed by atoms with E-state index in [0.717, 1.165) is 23.0 Å². The van der Waals surface area contributed by atoms with E-state index in [-0.39, 0.29) is 0 Å². The fourth-order valence-corrected chi connectivity index (χ4v) is 12.2. The van der Waals surface area contributed by atoms with Gasteiger partial charge in [-0.05, 0) is 62.1 Å². The summed E-state index contributed by atoms with van der Waals surface area (Å²) in [7, 11) is 0. The lowest BCUT2D eigenvalue weighted by atomic mass is 9.94. The molecule has 8 rings (SSSR count). The Bertz CT molecular complexity index is 1820. The van der Waals surface area contributed by atoms with Crippen LogP contribution in [0.3, 0.4) is 0 Å². The van der Waals surface area contributed by atoms with Crippen molar-refractivity contribution in [1.29, 1.82) is 0 Å². The molecule has 6 aromatic rings. The molecule has 2 aliphatic heterocycles. The lowest BCUT2D eigenvalue weighted by Gasteiger charge is -2.24. The Kier molecular flexibility index (Phi) is 8.21. The van der Waals surface area contributed by atoms with E-state index in [0.29, 0.717) is 0 Å². The monoisotopic (exact) mass is 656 g/mol. The highest BCUT2D eigenvalue weighted by atomic mass is 32.1. The van der Waals surface area contributed by atoms with Crippen molar-refractivity contribution in [3.05, 3.63) is 46.2 Å².